The van der Waals surface area contributed by atoms with Crippen molar-refractivity contribution in [2.24, 2.45) is 0 Å². The number of rotatable bonds is 4. The molecule has 2 rings (SSSR count). The van der Waals surface area contributed by atoms with Crippen LogP contribution in [0.2, 0.25) is 0 Å². The van der Waals surface area contributed by atoms with Crippen LogP contribution < -0.4 is 0 Å². The van der Waals surface area contributed by atoms with Gasteiger partial charge in [0.2, 0.25) is 0 Å². The Morgan fingerprint density at radius 1 is 1.31 bits per heavy atom. The highest BCUT2D eigenvalue weighted by atomic mass is 79.9. The van der Waals surface area contributed by atoms with E-state index in [0.29, 0.717) is 5.92 Å². The van der Waals surface area contributed by atoms with Gasteiger partial charge in [-0.1, -0.05) is 45.8 Å². The lowest BCUT2D eigenvalue weighted by atomic mass is 9.97. The Morgan fingerprint density at radius 2 is 2.06 bits per heavy atom. The quantitative estimate of drug-likeness (QED) is 0.772. The molecule has 84 valence electrons. The summed E-state index contributed by atoms with van der Waals surface area (Å²) in [7, 11) is 0. The third-order valence-electron chi connectivity index (χ3n) is 2.64. The van der Waals surface area contributed by atoms with E-state index in [4.69, 9.17) is 0 Å². The molecule has 2 aromatic rings. The van der Waals surface area contributed by atoms with Gasteiger partial charge in [-0.15, -0.1) is 11.3 Å². The Hall–Kier alpha value is -0.670. The Labute approximate surface area is 109 Å². The fourth-order valence-electron chi connectivity index (χ4n) is 1.66. The van der Waals surface area contributed by atoms with Crippen molar-refractivity contribution in [3.63, 3.8) is 0 Å². The maximum atomic E-state index is 4.34. The van der Waals surface area contributed by atoms with E-state index in [1.807, 2.05) is 11.6 Å². The number of aryl methyl sites for hydroxylation is 1. The molecule has 1 atom stereocenters. The van der Waals surface area contributed by atoms with Gasteiger partial charge in [-0.3, -0.25) is 0 Å². The molecule has 0 saturated heterocycles. The largest absolute Gasteiger partial charge is 0.250 e. The number of thiazole rings is 1. The summed E-state index contributed by atoms with van der Waals surface area (Å²) in [6, 6.07) is 8.78. The molecular weight excluding hydrogens is 282 g/mol. The molecule has 1 aromatic carbocycles. The van der Waals surface area contributed by atoms with Crippen molar-refractivity contribution < 1.29 is 0 Å². The maximum absolute atomic E-state index is 4.34. The predicted molar refractivity (Wildman–Crippen MR) is 73.5 cm³/mol. The molecule has 0 aliphatic carbocycles. The van der Waals surface area contributed by atoms with Crippen molar-refractivity contribution in [3.05, 3.63) is 52.0 Å². The minimum absolute atomic E-state index is 0.520. The second-order valence-corrected chi connectivity index (χ2v) is 5.52. The molecule has 0 aliphatic rings. The highest BCUT2D eigenvalue weighted by molar-refractivity contribution is 9.09. The van der Waals surface area contributed by atoms with Crippen LogP contribution in [0.3, 0.4) is 0 Å². The monoisotopic (exact) mass is 295 g/mol. The molecule has 1 aromatic heterocycles. The van der Waals surface area contributed by atoms with Crippen LogP contribution in [-0.4, -0.2) is 10.3 Å². The lowest BCUT2D eigenvalue weighted by Gasteiger charge is -2.13. The number of nitrogens with zero attached hydrogens (tertiary/aromatic N) is 1. The van der Waals surface area contributed by atoms with Gasteiger partial charge >= 0.3 is 0 Å². The summed E-state index contributed by atoms with van der Waals surface area (Å²) in [5, 5.41) is 4.23. The summed E-state index contributed by atoms with van der Waals surface area (Å²) < 4.78 is 0. The molecule has 1 heterocycles. The number of benzene rings is 1. The second kappa shape index (κ2) is 5.60. The molecule has 0 fully saturated rings. The van der Waals surface area contributed by atoms with Crippen molar-refractivity contribution in [2.45, 2.75) is 19.3 Å². The fraction of sp³-hybridized carbons (Fsp3) is 0.308. The summed E-state index contributed by atoms with van der Waals surface area (Å²) in [4.78, 5) is 4.34. The molecule has 0 spiro atoms. The minimum atomic E-state index is 0.520. The number of hydrogen-bond acceptors (Lipinski definition) is 2. The first kappa shape index (κ1) is 11.8. The van der Waals surface area contributed by atoms with E-state index in [-0.39, 0.29) is 0 Å². The van der Waals surface area contributed by atoms with Crippen LogP contribution in [0.1, 0.15) is 22.1 Å². The third kappa shape index (κ3) is 2.92. The first-order valence-electron chi connectivity index (χ1n) is 5.30. The molecule has 0 N–H and O–H groups in total. The SMILES string of the molecule is Cc1ccc(C(CBr)Cc2nccs2)cc1. The highest BCUT2D eigenvalue weighted by Crippen LogP contribution is 2.24. The fourth-order valence-corrected chi connectivity index (χ4v) is 2.97. The van der Waals surface area contributed by atoms with Gasteiger partial charge in [0.15, 0.2) is 0 Å². The number of alkyl halides is 1. The molecular formula is C13H14BrNS. The molecule has 1 nitrogen and oxygen atoms in total. The third-order valence-corrected chi connectivity index (χ3v) is 4.22. The summed E-state index contributed by atoms with van der Waals surface area (Å²) in [6.45, 7) is 2.12. The Kier molecular flexibility index (Phi) is 4.13. The van der Waals surface area contributed by atoms with Gasteiger partial charge in [-0.2, -0.15) is 0 Å². The van der Waals surface area contributed by atoms with Crippen molar-refractivity contribution in [3.8, 4) is 0 Å². The van der Waals surface area contributed by atoms with Gasteiger partial charge in [0.05, 0.1) is 5.01 Å². The van der Waals surface area contributed by atoms with E-state index in [0.717, 1.165) is 11.8 Å². The molecule has 0 amide bonds. The number of aromatic nitrogens is 1. The van der Waals surface area contributed by atoms with Gasteiger partial charge in [0.25, 0.3) is 0 Å². The van der Waals surface area contributed by atoms with Crippen LogP contribution in [0, 0.1) is 6.92 Å². The second-order valence-electron chi connectivity index (χ2n) is 3.89. The average Bonchev–Trinajstić information content (AvgIpc) is 2.80. The van der Waals surface area contributed by atoms with Gasteiger partial charge in [-0.05, 0) is 18.4 Å². The first-order valence-corrected chi connectivity index (χ1v) is 7.30. The normalized spacial score (nSPS) is 12.6. The van der Waals surface area contributed by atoms with E-state index < -0.39 is 0 Å². The summed E-state index contributed by atoms with van der Waals surface area (Å²) >= 11 is 5.33. The minimum Gasteiger partial charge on any atom is -0.250 e. The van der Waals surface area contributed by atoms with Crippen LogP contribution in [-0.2, 0) is 6.42 Å². The zero-order valence-corrected chi connectivity index (χ0v) is 11.6. The van der Waals surface area contributed by atoms with Gasteiger partial charge < -0.3 is 0 Å². The van der Waals surface area contributed by atoms with Gasteiger partial charge in [-0.25, -0.2) is 4.98 Å². The molecule has 0 aliphatic heterocycles. The Balaban J connectivity index is 2.13. The van der Waals surface area contributed by atoms with Crippen LogP contribution in [0.4, 0.5) is 0 Å². The molecule has 0 radical (unpaired) electrons. The summed E-state index contributed by atoms with van der Waals surface area (Å²) in [5.41, 5.74) is 2.70. The Morgan fingerprint density at radius 3 is 2.62 bits per heavy atom. The molecule has 0 bridgehead atoms. The molecule has 0 saturated carbocycles. The number of halogens is 1. The van der Waals surface area contributed by atoms with E-state index in [1.165, 1.54) is 16.1 Å². The summed E-state index contributed by atoms with van der Waals surface area (Å²) in [6.07, 6.45) is 2.90. The Bertz CT molecular complexity index is 422. The van der Waals surface area contributed by atoms with Gasteiger partial charge in [0.1, 0.15) is 0 Å². The average molecular weight is 296 g/mol. The first-order chi connectivity index (χ1) is 7.79. The lowest BCUT2D eigenvalue weighted by Crippen LogP contribution is -2.04. The van der Waals surface area contributed by atoms with Crippen LogP contribution in [0.5, 0.6) is 0 Å². The molecule has 3 heteroatoms. The van der Waals surface area contributed by atoms with E-state index >= 15 is 0 Å². The van der Waals surface area contributed by atoms with E-state index in [2.05, 4.69) is 52.1 Å². The zero-order valence-electron chi connectivity index (χ0n) is 9.19. The molecule has 16 heavy (non-hydrogen) atoms. The smallest absolute Gasteiger partial charge is 0.0931 e. The lowest BCUT2D eigenvalue weighted by molar-refractivity contribution is 0.770. The van der Waals surface area contributed by atoms with E-state index in [1.54, 1.807) is 11.3 Å². The number of hydrogen-bond donors (Lipinski definition) is 0. The predicted octanol–water partition coefficient (Wildman–Crippen LogP) is 4.17. The topological polar surface area (TPSA) is 12.9 Å². The molecule has 1 unspecified atom stereocenters. The zero-order chi connectivity index (χ0) is 11.4. The van der Waals surface area contributed by atoms with E-state index in [9.17, 15) is 0 Å². The standard InChI is InChI=1S/C13H14BrNS/c1-10-2-4-11(5-3-10)12(9-14)8-13-15-6-7-16-13/h2-7,12H,8-9H2,1H3. The van der Waals surface area contributed by atoms with Gasteiger partial charge in [0, 0.05) is 23.3 Å². The van der Waals surface area contributed by atoms with Crippen molar-refractivity contribution in [1.82, 2.24) is 4.98 Å². The summed E-state index contributed by atoms with van der Waals surface area (Å²) in [5.74, 6) is 0.520. The van der Waals surface area contributed by atoms with Crippen LogP contribution >= 0.6 is 27.3 Å². The van der Waals surface area contributed by atoms with Crippen molar-refractivity contribution >= 4 is 27.3 Å². The van der Waals surface area contributed by atoms with Crippen molar-refractivity contribution in [2.75, 3.05) is 5.33 Å². The van der Waals surface area contributed by atoms with Crippen LogP contribution in [0.25, 0.3) is 0 Å². The van der Waals surface area contributed by atoms with Crippen molar-refractivity contribution in [1.29, 1.82) is 0 Å². The maximum Gasteiger partial charge on any atom is 0.0931 e. The van der Waals surface area contributed by atoms with Crippen LogP contribution in [0.15, 0.2) is 35.8 Å². The highest BCUT2D eigenvalue weighted by Gasteiger charge is 2.12.